The Labute approximate surface area is 129 Å². The largest absolute Gasteiger partial charge is 0.491 e. The van der Waals surface area contributed by atoms with Gasteiger partial charge in [-0.05, 0) is 31.1 Å². The SMILES string of the molecule is NC(=O)C1CCCN=C1COC1=CC=CC2=NC=CC=CC12. The first-order chi connectivity index (χ1) is 10.8. The van der Waals surface area contributed by atoms with E-state index in [0.717, 1.165) is 36.6 Å². The molecule has 2 heterocycles. The van der Waals surface area contributed by atoms with Crippen molar-refractivity contribution in [2.24, 2.45) is 27.6 Å². The van der Waals surface area contributed by atoms with E-state index in [4.69, 9.17) is 10.5 Å². The fourth-order valence-electron chi connectivity index (χ4n) is 2.81. The molecule has 2 unspecified atom stereocenters. The summed E-state index contributed by atoms with van der Waals surface area (Å²) in [5.74, 6) is 0.210. The molecule has 1 amide bonds. The maximum atomic E-state index is 11.5. The van der Waals surface area contributed by atoms with Crippen LogP contribution in [0.5, 0.6) is 0 Å². The second-order valence-corrected chi connectivity index (χ2v) is 5.45. The van der Waals surface area contributed by atoms with Crippen molar-refractivity contribution in [1.29, 1.82) is 0 Å². The van der Waals surface area contributed by atoms with Crippen molar-refractivity contribution in [2.45, 2.75) is 12.8 Å². The highest BCUT2D eigenvalue weighted by molar-refractivity contribution is 6.05. The second-order valence-electron chi connectivity index (χ2n) is 5.45. The van der Waals surface area contributed by atoms with Crippen LogP contribution in [0.4, 0.5) is 0 Å². The fourth-order valence-corrected chi connectivity index (χ4v) is 2.81. The Bertz CT molecular complexity index is 638. The van der Waals surface area contributed by atoms with Gasteiger partial charge in [0.1, 0.15) is 12.4 Å². The summed E-state index contributed by atoms with van der Waals surface area (Å²) in [6.07, 6.45) is 15.2. The number of primary amides is 1. The van der Waals surface area contributed by atoms with E-state index in [-0.39, 0.29) is 17.7 Å². The molecule has 0 aromatic heterocycles. The quantitative estimate of drug-likeness (QED) is 0.860. The van der Waals surface area contributed by atoms with Gasteiger partial charge in [0.2, 0.25) is 5.91 Å². The molecule has 0 aromatic carbocycles. The van der Waals surface area contributed by atoms with E-state index in [2.05, 4.69) is 9.98 Å². The number of hydrogen-bond acceptors (Lipinski definition) is 4. The second kappa shape index (κ2) is 6.56. The number of nitrogens with zero attached hydrogens (tertiary/aromatic N) is 2. The standard InChI is InChI=1S/C17H19N3O2/c18-17(21)13-6-4-10-20-15(13)11-22-16-8-3-7-14-12(16)5-1-2-9-19-14/h1-3,5,7-9,12-13H,4,6,10-11H2,(H2,18,21). The number of hydrogen-bond donors (Lipinski definition) is 1. The molecule has 0 spiro atoms. The van der Waals surface area contributed by atoms with E-state index in [1.165, 1.54) is 0 Å². The Kier molecular flexibility index (Phi) is 4.32. The van der Waals surface area contributed by atoms with E-state index in [1.807, 2.05) is 36.5 Å². The summed E-state index contributed by atoms with van der Waals surface area (Å²) in [6.45, 7) is 1.04. The molecular formula is C17H19N3O2. The number of carbonyl (C=O) groups is 1. The molecule has 22 heavy (non-hydrogen) atoms. The fraction of sp³-hybridized carbons (Fsp3) is 0.353. The third-order valence-electron chi connectivity index (χ3n) is 3.98. The highest BCUT2D eigenvalue weighted by atomic mass is 16.5. The monoisotopic (exact) mass is 297 g/mol. The van der Waals surface area contributed by atoms with Gasteiger partial charge in [-0.2, -0.15) is 0 Å². The highest BCUT2D eigenvalue weighted by Gasteiger charge is 2.27. The van der Waals surface area contributed by atoms with Crippen LogP contribution in [-0.4, -0.2) is 30.5 Å². The zero-order valence-electron chi connectivity index (χ0n) is 12.3. The molecule has 3 rings (SSSR count). The van der Waals surface area contributed by atoms with Crippen LogP contribution in [0, 0.1) is 11.8 Å². The van der Waals surface area contributed by atoms with Gasteiger partial charge in [0, 0.05) is 12.7 Å². The van der Waals surface area contributed by atoms with Gasteiger partial charge >= 0.3 is 0 Å². The van der Waals surface area contributed by atoms with Gasteiger partial charge in [-0.3, -0.25) is 14.8 Å². The third-order valence-corrected chi connectivity index (χ3v) is 3.98. The van der Waals surface area contributed by atoms with Gasteiger partial charge in [-0.1, -0.05) is 18.2 Å². The van der Waals surface area contributed by atoms with Crippen LogP contribution in [0.2, 0.25) is 0 Å². The van der Waals surface area contributed by atoms with Crippen LogP contribution in [0.3, 0.4) is 0 Å². The van der Waals surface area contributed by atoms with Crippen molar-refractivity contribution in [2.75, 3.05) is 13.2 Å². The number of aliphatic imine (C=N–C) groups is 2. The van der Waals surface area contributed by atoms with E-state index < -0.39 is 0 Å². The number of rotatable bonds is 4. The molecule has 0 aromatic rings. The Morgan fingerprint density at radius 2 is 2.27 bits per heavy atom. The lowest BCUT2D eigenvalue weighted by Gasteiger charge is -2.24. The lowest BCUT2D eigenvalue weighted by Crippen LogP contribution is -2.35. The molecule has 2 N–H and O–H groups in total. The topological polar surface area (TPSA) is 77.0 Å². The molecule has 5 heteroatoms. The molecule has 0 radical (unpaired) electrons. The minimum absolute atomic E-state index is 0.0104. The number of ether oxygens (including phenoxy) is 1. The summed E-state index contributed by atoms with van der Waals surface area (Å²) in [5, 5.41) is 0. The normalized spacial score (nSPS) is 26.5. The van der Waals surface area contributed by atoms with Crippen molar-refractivity contribution in [1.82, 2.24) is 0 Å². The van der Waals surface area contributed by atoms with Gasteiger partial charge in [0.05, 0.1) is 23.3 Å². The van der Waals surface area contributed by atoms with E-state index >= 15 is 0 Å². The van der Waals surface area contributed by atoms with Crippen molar-refractivity contribution >= 4 is 17.3 Å². The summed E-state index contributed by atoms with van der Waals surface area (Å²) >= 11 is 0. The Morgan fingerprint density at radius 1 is 1.36 bits per heavy atom. The first-order valence-corrected chi connectivity index (χ1v) is 7.50. The molecule has 0 saturated carbocycles. The Morgan fingerprint density at radius 3 is 3.14 bits per heavy atom. The molecule has 2 atom stereocenters. The van der Waals surface area contributed by atoms with Crippen LogP contribution in [-0.2, 0) is 9.53 Å². The first kappa shape index (κ1) is 14.5. The third kappa shape index (κ3) is 3.08. The molecule has 0 saturated heterocycles. The maximum absolute atomic E-state index is 11.5. The Hall–Kier alpha value is -2.43. The van der Waals surface area contributed by atoms with Gasteiger partial charge in [-0.15, -0.1) is 0 Å². The number of carbonyl (C=O) groups excluding carboxylic acids is 1. The molecule has 2 aliphatic heterocycles. The number of fused-ring (bicyclic) bond motifs is 1. The van der Waals surface area contributed by atoms with E-state index in [1.54, 1.807) is 6.20 Å². The van der Waals surface area contributed by atoms with Gasteiger partial charge in [0.15, 0.2) is 0 Å². The number of amides is 1. The molecular weight excluding hydrogens is 278 g/mol. The van der Waals surface area contributed by atoms with Crippen molar-refractivity contribution < 1.29 is 9.53 Å². The van der Waals surface area contributed by atoms with Gasteiger partial charge < -0.3 is 10.5 Å². The van der Waals surface area contributed by atoms with Crippen molar-refractivity contribution in [3.8, 4) is 0 Å². The molecule has 0 fully saturated rings. The van der Waals surface area contributed by atoms with Gasteiger partial charge in [-0.25, -0.2) is 0 Å². The lowest BCUT2D eigenvalue weighted by molar-refractivity contribution is -0.120. The van der Waals surface area contributed by atoms with Crippen LogP contribution >= 0.6 is 0 Å². The first-order valence-electron chi connectivity index (χ1n) is 7.50. The predicted molar refractivity (Wildman–Crippen MR) is 86.6 cm³/mol. The van der Waals surface area contributed by atoms with Crippen LogP contribution in [0.25, 0.3) is 0 Å². The lowest BCUT2D eigenvalue weighted by atomic mass is 9.93. The summed E-state index contributed by atoms with van der Waals surface area (Å²) in [4.78, 5) is 20.3. The summed E-state index contributed by atoms with van der Waals surface area (Å²) in [6, 6.07) is 0. The van der Waals surface area contributed by atoms with Crippen LogP contribution < -0.4 is 5.73 Å². The van der Waals surface area contributed by atoms with Crippen LogP contribution in [0.1, 0.15) is 12.8 Å². The summed E-state index contributed by atoms with van der Waals surface area (Å²) in [5.41, 5.74) is 7.15. The zero-order valence-corrected chi connectivity index (χ0v) is 12.3. The number of nitrogens with two attached hydrogens (primary N) is 1. The Balaban J connectivity index is 1.71. The zero-order chi connectivity index (χ0) is 15.4. The average molecular weight is 297 g/mol. The molecule has 1 aliphatic carbocycles. The molecule has 3 aliphatic rings. The van der Waals surface area contributed by atoms with Crippen molar-refractivity contribution in [3.05, 3.63) is 48.4 Å². The van der Waals surface area contributed by atoms with Gasteiger partial charge in [0.25, 0.3) is 0 Å². The number of allylic oxidation sites excluding steroid dienone is 6. The molecule has 5 nitrogen and oxygen atoms in total. The smallest absolute Gasteiger partial charge is 0.226 e. The van der Waals surface area contributed by atoms with Crippen LogP contribution in [0.15, 0.2) is 58.4 Å². The predicted octanol–water partition coefficient (Wildman–Crippen LogP) is 1.93. The summed E-state index contributed by atoms with van der Waals surface area (Å²) < 4.78 is 5.94. The van der Waals surface area contributed by atoms with E-state index in [9.17, 15) is 4.79 Å². The average Bonchev–Trinajstić information content (AvgIpc) is 2.78. The molecule has 114 valence electrons. The van der Waals surface area contributed by atoms with Crippen molar-refractivity contribution in [3.63, 3.8) is 0 Å². The summed E-state index contributed by atoms with van der Waals surface area (Å²) in [7, 11) is 0. The highest BCUT2D eigenvalue weighted by Crippen LogP contribution is 2.24. The van der Waals surface area contributed by atoms with E-state index in [0.29, 0.717) is 6.61 Å². The minimum atomic E-state index is -0.319. The molecule has 0 bridgehead atoms. The maximum Gasteiger partial charge on any atom is 0.226 e. The minimum Gasteiger partial charge on any atom is -0.491 e.